The Labute approximate surface area is 142 Å². The summed E-state index contributed by atoms with van der Waals surface area (Å²) >= 11 is 0. The number of nitrogens with one attached hydrogen (secondary N) is 1. The quantitative estimate of drug-likeness (QED) is 0.911. The summed E-state index contributed by atoms with van der Waals surface area (Å²) < 4.78 is 5.66. The van der Waals surface area contributed by atoms with Gasteiger partial charge in [-0.1, -0.05) is 31.5 Å². The molecule has 2 heterocycles. The fourth-order valence-corrected chi connectivity index (χ4v) is 3.02. The van der Waals surface area contributed by atoms with Crippen LogP contribution in [0.5, 0.6) is 11.6 Å². The van der Waals surface area contributed by atoms with Gasteiger partial charge < -0.3 is 10.1 Å². The Morgan fingerprint density at radius 3 is 2.79 bits per heavy atom. The van der Waals surface area contributed by atoms with Gasteiger partial charge in [0.25, 0.3) is 0 Å². The molecule has 126 valence electrons. The lowest BCUT2D eigenvalue weighted by Gasteiger charge is -2.33. The number of likely N-dealkylation sites (N-methyl/N-ethyl adjacent to an activating group) is 1. The van der Waals surface area contributed by atoms with Crippen LogP contribution in [0, 0.1) is 0 Å². The molecule has 1 aromatic heterocycles. The van der Waals surface area contributed by atoms with Crippen molar-refractivity contribution in [3.63, 3.8) is 0 Å². The normalized spacial score (nSPS) is 18.1. The van der Waals surface area contributed by atoms with Gasteiger partial charge in [-0.25, -0.2) is 4.98 Å². The largest absolute Gasteiger partial charge is 0.439 e. The summed E-state index contributed by atoms with van der Waals surface area (Å²) in [6.45, 7) is 4.00. The molecule has 0 saturated carbocycles. The topological polar surface area (TPSA) is 54.5 Å². The zero-order chi connectivity index (χ0) is 16.8. The third kappa shape index (κ3) is 4.11. The number of aromatic nitrogens is 1. The van der Waals surface area contributed by atoms with E-state index in [1.54, 1.807) is 12.3 Å². The lowest BCUT2D eigenvalue weighted by atomic mass is 10.0. The molecule has 1 aromatic carbocycles. The summed E-state index contributed by atoms with van der Waals surface area (Å²) in [4.78, 5) is 19.0. The van der Waals surface area contributed by atoms with Crippen molar-refractivity contribution in [1.29, 1.82) is 0 Å². The SMILES string of the molecule is CCN1CCCCC1C(=O)Nc1ccc(Oc2ccccc2)nc1. The number of benzene rings is 1. The number of para-hydroxylation sites is 1. The van der Waals surface area contributed by atoms with E-state index in [0.29, 0.717) is 11.6 Å². The molecule has 1 aliphatic heterocycles. The Morgan fingerprint density at radius 1 is 1.25 bits per heavy atom. The number of carbonyl (C=O) groups excluding carboxylic acids is 1. The second kappa shape index (κ2) is 7.93. The highest BCUT2D eigenvalue weighted by molar-refractivity contribution is 5.94. The molecule has 1 fully saturated rings. The van der Waals surface area contributed by atoms with Crippen molar-refractivity contribution >= 4 is 11.6 Å². The van der Waals surface area contributed by atoms with Crippen molar-refractivity contribution in [2.24, 2.45) is 0 Å². The Morgan fingerprint density at radius 2 is 2.08 bits per heavy atom. The molecule has 1 N–H and O–H groups in total. The molecule has 5 nitrogen and oxygen atoms in total. The molecule has 1 amide bonds. The van der Waals surface area contributed by atoms with Gasteiger partial charge >= 0.3 is 0 Å². The summed E-state index contributed by atoms with van der Waals surface area (Å²) in [6.07, 6.45) is 4.83. The summed E-state index contributed by atoms with van der Waals surface area (Å²) in [5, 5.41) is 2.97. The molecule has 1 saturated heterocycles. The van der Waals surface area contributed by atoms with E-state index in [9.17, 15) is 4.79 Å². The third-order valence-electron chi connectivity index (χ3n) is 4.29. The first-order valence-corrected chi connectivity index (χ1v) is 8.50. The summed E-state index contributed by atoms with van der Waals surface area (Å²) in [5.41, 5.74) is 0.696. The van der Waals surface area contributed by atoms with Gasteiger partial charge in [-0.05, 0) is 44.1 Å². The van der Waals surface area contributed by atoms with Gasteiger partial charge in [-0.15, -0.1) is 0 Å². The first kappa shape index (κ1) is 16.5. The molecule has 24 heavy (non-hydrogen) atoms. The van der Waals surface area contributed by atoms with Gasteiger partial charge in [0.2, 0.25) is 11.8 Å². The summed E-state index contributed by atoms with van der Waals surface area (Å²) in [6, 6.07) is 13.1. The first-order chi connectivity index (χ1) is 11.8. The molecule has 0 radical (unpaired) electrons. The smallest absolute Gasteiger partial charge is 0.241 e. The molecule has 5 heteroatoms. The molecule has 0 aliphatic carbocycles. The average Bonchev–Trinajstić information content (AvgIpc) is 2.64. The van der Waals surface area contributed by atoms with Crippen LogP contribution in [0.4, 0.5) is 5.69 Å². The number of anilines is 1. The number of amides is 1. The van der Waals surface area contributed by atoms with Crippen molar-refractivity contribution in [2.45, 2.75) is 32.2 Å². The standard InChI is InChI=1S/C19H23N3O2/c1-2-22-13-7-6-10-17(22)19(23)21-15-11-12-18(20-14-15)24-16-8-4-3-5-9-16/h3-5,8-9,11-12,14,17H,2,6-7,10,13H2,1H3,(H,21,23). The van der Waals surface area contributed by atoms with Crippen LogP contribution in [-0.4, -0.2) is 34.9 Å². The lowest BCUT2D eigenvalue weighted by molar-refractivity contribution is -0.122. The van der Waals surface area contributed by atoms with Crippen molar-refractivity contribution < 1.29 is 9.53 Å². The predicted octanol–water partition coefficient (Wildman–Crippen LogP) is 3.69. The maximum atomic E-state index is 12.5. The Balaban J connectivity index is 1.60. The van der Waals surface area contributed by atoms with Crippen LogP contribution in [0.2, 0.25) is 0 Å². The highest BCUT2D eigenvalue weighted by Gasteiger charge is 2.27. The fraction of sp³-hybridized carbons (Fsp3) is 0.368. The molecule has 3 rings (SSSR count). The number of rotatable bonds is 5. The monoisotopic (exact) mass is 325 g/mol. The number of likely N-dealkylation sites (tertiary alicyclic amines) is 1. The van der Waals surface area contributed by atoms with Gasteiger partial charge in [0.05, 0.1) is 17.9 Å². The molecular weight excluding hydrogens is 302 g/mol. The Bertz CT molecular complexity index is 658. The van der Waals surface area contributed by atoms with Gasteiger partial charge in [0.15, 0.2) is 0 Å². The van der Waals surface area contributed by atoms with Crippen molar-refractivity contribution in [3.05, 3.63) is 48.7 Å². The van der Waals surface area contributed by atoms with Crippen molar-refractivity contribution in [3.8, 4) is 11.6 Å². The van der Waals surface area contributed by atoms with Crippen LogP contribution in [0.15, 0.2) is 48.7 Å². The highest BCUT2D eigenvalue weighted by atomic mass is 16.5. The van der Waals surface area contributed by atoms with Gasteiger partial charge in [0, 0.05) is 6.07 Å². The second-order valence-electron chi connectivity index (χ2n) is 5.93. The zero-order valence-electron chi connectivity index (χ0n) is 13.9. The highest BCUT2D eigenvalue weighted by Crippen LogP contribution is 2.21. The number of nitrogens with zero attached hydrogens (tertiary/aromatic N) is 2. The summed E-state index contributed by atoms with van der Waals surface area (Å²) in [5.74, 6) is 1.30. The van der Waals surface area contributed by atoms with Crippen LogP contribution in [0.1, 0.15) is 26.2 Å². The predicted molar refractivity (Wildman–Crippen MR) is 94.3 cm³/mol. The van der Waals surface area contributed by atoms with Gasteiger partial charge in [-0.2, -0.15) is 0 Å². The number of hydrogen-bond acceptors (Lipinski definition) is 4. The van der Waals surface area contributed by atoms with Crippen LogP contribution in [0.3, 0.4) is 0 Å². The number of piperidine rings is 1. The van der Waals surface area contributed by atoms with Crippen molar-refractivity contribution in [2.75, 3.05) is 18.4 Å². The number of carbonyl (C=O) groups is 1. The lowest BCUT2D eigenvalue weighted by Crippen LogP contribution is -2.46. The molecule has 0 bridgehead atoms. The Kier molecular flexibility index (Phi) is 5.43. The zero-order valence-corrected chi connectivity index (χ0v) is 13.9. The van der Waals surface area contributed by atoms with Crippen LogP contribution in [-0.2, 0) is 4.79 Å². The average molecular weight is 325 g/mol. The maximum Gasteiger partial charge on any atom is 0.241 e. The van der Waals surface area contributed by atoms with E-state index < -0.39 is 0 Å². The Hall–Kier alpha value is -2.40. The molecule has 2 aromatic rings. The fourth-order valence-electron chi connectivity index (χ4n) is 3.02. The first-order valence-electron chi connectivity index (χ1n) is 8.50. The minimum absolute atomic E-state index is 0.0380. The molecule has 0 spiro atoms. The van der Waals surface area contributed by atoms with Crippen LogP contribution >= 0.6 is 0 Å². The van der Waals surface area contributed by atoms with E-state index >= 15 is 0 Å². The molecular formula is C19H23N3O2. The van der Waals surface area contributed by atoms with E-state index in [0.717, 1.165) is 31.7 Å². The van der Waals surface area contributed by atoms with Crippen molar-refractivity contribution in [1.82, 2.24) is 9.88 Å². The van der Waals surface area contributed by atoms with Gasteiger partial charge in [0.1, 0.15) is 5.75 Å². The minimum atomic E-state index is -0.0380. The van der Waals surface area contributed by atoms with E-state index in [4.69, 9.17) is 4.74 Å². The van der Waals surface area contributed by atoms with Gasteiger partial charge in [-0.3, -0.25) is 9.69 Å². The minimum Gasteiger partial charge on any atom is -0.439 e. The van der Waals surface area contributed by atoms with E-state index in [-0.39, 0.29) is 11.9 Å². The summed E-state index contributed by atoms with van der Waals surface area (Å²) in [7, 11) is 0. The van der Waals surface area contributed by atoms with E-state index in [1.807, 2.05) is 36.4 Å². The van der Waals surface area contributed by atoms with Crippen LogP contribution in [0.25, 0.3) is 0 Å². The molecule has 1 atom stereocenters. The number of pyridine rings is 1. The molecule has 1 aliphatic rings. The van der Waals surface area contributed by atoms with E-state index in [1.165, 1.54) is 6.42 Å². The number of ether oxygens (including phenoxy) is 1. The second-order valence-corrected chi connectivity index (χ2v) is 5.93. The number of hydrogen-bond donors (Lipinski definition) is 1. The van der Waals surface area contributed by atoms with Crippen LogP contribution < -0.4 is 10.1 Å². The molecule has 1 unspecified atom stereocenters. The maximum absolute atomic E-state index is 12.5. The van der Waals surface area contributed by atoms with E-state index in [2.05, 4.69) is 22.1 Å². The third-order valence-corrected chi connectivity index (χ3v) is 4.29.